The van der Waals surface area contributed by atoms with Crippen LogP contribution < -0.4 is 0 Å². The van der Waals surface area contributed by atoms with Crippen molar-refractivity contribution in [1.29, 1.82) is 0 Å². The SMILES string of the molecule is C=CCO[C@@H]1C[C@@H](C(=O)O)N(C(=O)CN=C)C1. The summed E-state index contributed by atoms with van der Waals surface area (Å²) in [5.74, 6) is -1.36. The lowest BCUT2D eigenvalue weighted by molar-refractivity contribution is -0.147. The van der Waals surface area contributed by atoms with E-state index in [-0.39, 0.29) is 25.1 Å². The van der Waals surface area contributed by atoms with Crippen LogP contribution in [0.5, 0.6) is 0 Å². The predicted molar refractivity (Wildman–Crippen MR) is 62.1 cm³/mol. The summed E-state index contributed by atoms with van der Waals surface area (Å²) in [5.41, 5.74) is 0. The van der Waals surface area contributed by atoms with Crippen LogP contribution in [0.1, 0.15) is 6.42 Å². The number of aliphatic imine (C=N–C) groups is 1. The van der Waals surface area contributed by atoms with Crippen molar-refractivity contribution >= 4 is 18.6 Å². The number of rotatable bonds is 6. The summed E-state index contributed by atoms with van der Waals surface area (Å²) in [5, 5.41) is 9.03. The molecule has 1 amide bonds. The van der Waals surface area contributed by atoms with Crippen LogP contribution in [-0.4, -0.2) is 60.4 Å². The molecule has 1 fully saturated rings. The summed E-state index contributed by atoms with van der Waals surface area (Å²) in [6.45, 7) is 7.26. The van der Waals surface area contributed by atoms with E-state index in [0.29, 0.717) is 13.0 Å². The van der Waals surface area contributed by atoms with Gasteiger partial charge in [-0.05, 0) is 6.72 Å². The van der Waals surface area contributed by atoms with Crippen LogP contribution in [0.4, 0.5) is 0 Å². The number of carboxylic acid groups (broad SMARTS) is 1. The van der Waals surface area contributed by atoms with Crippen LogP contribution in [0.3, 0.4) is 0 Å². The highest BCUT2D eigenvalue weighted by molar-refractivity contribution is 5.85. The Morgan fingerprint density at radius 2 is 2.29 bits per heavy atom. The molecule has 0 radical (unpaired) electrons. The molecule has 1 aliphatic heterocycles. The van der Waals surface area contributed by atoms with Gasteiger partial charge in [-0.15, -0.1) is 6.58 Å². The molecule has 0 saturated carbocycles. The van der Waals surface area contributed by atoms with E-state index in [1.807, 2.05) is 0 Å². The molecule has 0 aromatic carbocycles. The topological polar surface area (TPSA) is 79.2 Å². The van der Waals surface area contributed by atoms with Crippen LogP contribution >= 0.6 is 0 Å². The number of hydrogen-bond donors (Lipinski definition) is 1. The van der Waals surface area contributed by atoms with Gasteiger partial charge in [-0.25, -0.2) is 4.79 Å². The number of ether oxygens (including phenoxy) is 1. The number of hydrogen-bond acceptors (Lipinski definition) is 4. The average Bonchev–Trinajstić information content (AvgIpc) is 2.71. The number of carboxylic acids is 1. The molecule has 0 aromatic heterocycles. The van der Waals surface area contributed by atoms with Crippen molar-refractivity contribution in [2.75, 3.05) is 19.7 Å². The van der Waals surface area contributed by atoms with Gasteiger partial charge in [0.1, 0.15) is 12.6 Å². The third-order valence-electron chi connectivity index (χ3n) is 2.56. The van der Waals surface area contributed by atoms with Gasteiger partial charge in [-0.1, -0.05) is 6.08 Å². The van der Waals surface area contributed by atoms with E-state index < -0.39 is 12.0 Å². The van der Waals surface area contributed by atoms with Crippen molar-refractivity contribution in [3.63, 3.8) is 0 Å². The number of carbonyl (C=O) groups is 2. The molecule has 94 valence electrons. The van der Waals surface area contributed by atoms with E-state index in [0.717, 1.165) is 0 Å². The van der Waals surface area contributed by atoms with Crippen molar-refractivity contribution in [2.45, 2.75) is 18.6 Å². The lowest BCUT2D eigenvalue weighted by Crippen LogP contribution is -2.41. The average molecular weight is 240 g/mol. The van der Waals surface area contributed by atoms with E-state index in [9.17, 15) is 9.59 Å². The fourth-order valence-electron chi connectivity index (χ4n) is 1.82. The molecule has 1 N–H and O–H groups in total. The van der Waals surface area contributed by atoms with Gasteiger partial charge in [0.05, 0.1) is 12.7 Å². The van der Waals surface area contributed by atoms with E-state index in [1.165, 1.54) is 4.90 Å². The first-order valence-electron chi connectivity index (χ1n) is 5.27. The lowest BCUT2D eigenvalue weighted by Gasteiger charge is -2.20. The van der Waals surface area contributed by atoms with E-state index in [4.69, 9.17) is 9.84 Å². The largest absolute Gasteiger partial charge is 0.480 e. The van der Waals surface area contributed by atoms with Crippen molar-refractivity contribution in [1.82, 2.24) is 4.90 Å². The highest BCUT2D eigenvalue weighted by Gasteiger charge is 2.39. The molecule has 1 saturated heterocycles. The number of amides is 1. The van der Waals surface area contributed by atoms with Crippen LogP contribution in [0, 0.1) is 0 Å². The summed E-state index contributed by atoms with van der Waals surface area (Å²) in [6.07, 6.45) is 1.63. The number of aliphatic carboxylic acids is 1. The van der Waals surface area contributed by atoms with Gasteiger partial charge >= 0.3 is 5.97 Å². The minimum Gasteiger partial charge on any atom is -0.480 e. The van der Waals surface area contributed by atoms with E-state index in [2.05, 4.69) is 18.3 Å². The first-order valence-corrected chi connectivity index (χ1v) is 5.27. The fraction of sp³-hybridized carbons (Fsp3) is 0.545. The quantitative estimate of drug-likeness (QED) is 0.521. The molecule has 1 heterocycles. The Labute approximate surface area is 99.6 Å². The van der Waals surface area contributed by atoms with Gasteiger partial charge < -0.3 is 14.7 Å². The fourth-order valence-corrected chi connectivity index (χ4v) is 1.82. The van der Waals surface area contributed by atoms with Gasteiger partial charge in [0.25, 0.3) is 0 Å². The van der Waals surface area contributed by atoms with Crippen molar-refractivity contribution in [2.24, 2.45) is 4.99 Å². The van der Waals surface area contributed by atoms with Gasteiger partial charge in [-0.2, -0.15) is 0 Å². The zero-order chi connectivity index (χ0) is 12.8. The molecule has 0 unspecified atom stereocenters. The maximum Gasteiger partial charge on any atom is 0.326 e. The Kier molecular flexibility index (Phi) is 4.84. The van der Waals surface area contributed by atoms with Gasteiger partial charge in [-0.3, -0.25) is 9.79 Å². The standard InChI is InChI=1S/C11H16N2O4/c1-3-4-17-8-5-9(11(15)16)13(7-8)10(14)6-12-2/h3,8-9H,1-2,4-7H2,(H,15,16)/t8-,9+/m1/s1. The number of likely N-dealkylation sites (tertiary alicyclic amines) is 1. The normalized spacial score (nSPS) is 23.4. The third-order valence-corrected chi connectivity index (χ3v) is 2.56. The summed E-state index contributed by atoms with van der Waals surface area (Å²) in [6, 6.07) is -0.834. The second-order valence-corrected chi connectivity index (χ2v) is 3.76. The second-order valence-electron chi connectivity index (χ2n) is 3.76. The first kappa shape index (κ1) is 13.4. The summed E-state index contributed by atoms with van der Waals surface area (Å²) < 4.78 is 5.37. The Morgan fingerprint density at radius 1 is 1.59 bits per heavy atom. The molecule has 1 rings (SSSR count). The molecular formula is C11H16N2O4. The summed E-state index contributed by atoms with van der Waals surface area (Å²) in [4.78, 5) is 27.4. The molecule has 0 bridgehead atoms. The zero-order valence-corrected chi connectivity index (χ0v) is 9.54. The minimum absolute atomic E-state index is 0.0992. The van der Waals surface area contributed by atoms with E-state index in [1.54, 1.807) is 6.08 Å². The third kappa shape index (κ3) is 3.39. The first-order chi connectivity index (χ1) is 8.10. The van der Waals surface area contributed by atoms with Crippen molar-refractivity contribution < 1.29 is 19.4 Å². The molecule has 0 aromatic rings. The van der Waals surface area contributed by atoms with Gasteiger partial charge in [0, 0.05) is 13.0 Å². The van der Waals surface area contributed by atoms with Crippen LogP contribution in [-0.2, 0) is 14.3 Å². The Hall–Kier alpha value is -1.69. The highest BCUT2D eigenvalue weighted by Crippen LogP contribution is 2.21. The molecule has 6 nitrogen and oxygen atoms in total. The molecule has 0 aliphatic carbocycles. The molecule has 0 spiro atoms. The maximum absolute atomic E-state index is 11.6. The van der Waals surface area contributed by atoms with Crippen molar-refractivity contribution in [3.8, 4) is 0 Å². The summed E-state index contributed by atoms with van der Waals surface area (Å²) >= 11 is 0. The molecule has 6 heteroatoms. The number of carbonyl (C=O) groups excluding carboxylic acids is 1. The second kappa shape index (κ2) is 6.15. The highest BCUT2D eigenvalue weighted by atomic mass is 16.5. The smallest absolute Gasteiger partial charge is 0.326 e. The Morgan fingerprint density at radius 3 is 2.82 bits per heavy atom. The Balaban J connectivity index is 2.66. The van der Waals surface area contributed by atoms with Crippen molar-refractivity contribution in [3.05, 3.63) is 12.7 Å². The zero-order valence-electron chi connectivity index (χ0n) is 9.54. The van der Waals surface area contributed by atoms with Crippen LogP contribution in [0.2, 0.25) is 0 Å². The van der Waals surface area contributed by atoms with E-state index >= 15 is 0 Å². The van der Waals surface area contributed by atoms with Gasteiger partial charge in [0.2, 0.25) is 5.91 Å². The molecule has 1 aliphatic rings. The molecule has 2 atom stereocenters. The summed E-state index contributed by atoms with van der Waals surface area (Å²) in [7, 11) is 0. The lowest BCUT2D eigenvalue weighted by atomic mass is 10.2. The van der Waals surface area contributed by atoms with Gasteiger partial charge in [0.15, 0.2) is 0 Å². The van der Waals surface area contributed by atoms with Crippen LogP contribution in [0.25, 0.3) is 0 Å². The Bertz CT molecular complexity index is 329. The minimum atomic E-state index is -1.02. The monoisotopic (exact) mass is 240 g/mol. The molecular weight excluding hydrogens is 224 g/mol. The number of nitrogens with zero attached hydrogens (tertiary/aromatic N) is 2. The molecule has 17 heavy (non-hydrogen) atoms. The van der Waals surface area contributed by atoms with Crippen LogP contribution in [0.15, 0.2) is 17.6 Å². The maximum atomic E-state index is 11.6. The predicted octanol–water partition coefficient (Wildman–Crippen LogP) is -0.0563.